The predicted molar refractivity (Wildman–Crippen MR) is 102 cm³/mol. The Morgan fingerprint density at radius 3 is 2.52 bits per heavy atom. The van der Waals surface area contributed by atoms with Crippen molar-refractivity contribution in [3.63, 3.8) is 0 Å². The van der Waals surface area contributed by atoms with Gasteiger partial charge < -0.3 is 10.2 Å². The maximum Gasteiger partial charge on any atom is 0.277 e. The van der Waals surface area contributed by atoms with Crippen molar-refractivity contribution in [3.8, 4) is 22.8 Å². The maximum atomic E-state index is 12.6. The third-order valence-corrected chi connectivity index (χ3v) is 4.45. The highest BCUT2D eigenvalue weighted by atomic mass is 35.5. The second kappa shape index (κ2) is 6.75. The molecule has 8 heteroatoms. The number of hydrogen-bond acceptors (Lipinski definition) is 6. The van der Waals surface area contributed by atoms with Crippen molar-refractivity contribution in [2.45, 2.75) is 33.3 Å². The predicted octanol–water partition coefficient (Wildman–Crippen LogP) is 2.89. The lowest BCUT2D eigenvalue weighted by atomic mass is 10.1. The molecule has 0 bridgehead atoms. The molecule has 3 aromatic rings. The number of hydrogen-bond donors (Lipinski definition) is 2. The van der Waals surface area contributed by atoms with Crippen LogP contribution in [0.4, 0.5) is 0 Å². The highest BCUT2D eigenvalue weighted by Crippen LogP contribution is 2.26. The van der Waals surface area contributed by atoms with E-state index in [1.54, 1.807) is 45.3 Å². The maximum absolute atomic E-state index is 12.6. The average molecular weight is 387 g/mol. The van der Waals surface area contributed by atoms with Crippen LogP contribution >= 0.6 is 11.6 Å². The van der Waals surface area contributed by atoms with Gasteiger partial charge >= 0.3 is 0 Å². The molecule has 0 atom stereocenters. The summed E-state index contributed by atoms with van der Waals surface area (Å²) < 4.78 is 1.42. The molecule has 2 N–H and O–H groups in total. The van der Waals surface area contributed by atoms with Crippen molar-refractivity contribution in [2.24, 2.45) is 0 Å². The minimum Gasteiger partial charge on any atom is -0.506 e. The van der Waals surface area contributed by atoms with Gasteiger partial charge in [-0.05, 0) is 45.4 Å². The molecule has 0 fully saturated rings. The molecular weight excluding hydrogens is 368 g/mol. The first-order chi connectivity index (χ1) is 12.6. The molecule has 0 unspecified atom stereocenters. The van der Waals surface area contributed by atoms with Crippen LogP contribution in [0.1, 0.15) is 30.9 Å². The van der Waals surface area contributed by atoms with Gasteiger partial charge in [-0.15, -0.1) is 0 Å². The molecule has 0 aromatic carbocycles. The van der Waals surface area contributed by atoms with E-state index < -0.39 is 11.2 Å². The van der Waals surface area contributed by atoms with E-state index in [4.69, 9.17) is 11.6 Å². The summed E-state index contributed by atoms with van der Waals surface area (Å²) in [4.78, 5) is 25.4. The molecule has 0 aliphatic carbocycles. The van der Waals surface area contributed by atoms with E-state index in [1.807, 2.05) is 6.92 Å². The SMILES string of the molecule is Cc1cnc(-c2ccnc(C(C)(C)O)n2)cc1-n1c(C)cc(O)c(Cl)c1=O. The second-order valence-corrected chi connectivity index (χ2v) is 7.18. The van der Waals surface area contributed by atoms with E-state index in [0.717, 1.165) is 5.56 Å². The number of aromatic hydroxyl groups is 1. The lowest BCUT2D eigenvalue weighted by Crippen LogP contribution is -2.22. The Hall–Kier alpha value is -2.77. The topological polar surface area (TPSA) is 101 Å². The monoisotopic (exact) mass is 386 g/mol. The van der Waals surface area contributed by atoms with Crippen LogP contribution in [-0.2, 0) is 5.60 Å². The van der Waals surface area contributed by atoms with Crippen molar-refractivity contribution < 1.29 is 10.2 Å². The largest absolute Gasteiger partial charge is 0.506 e. The second-order valence-electron chi connectivity index (χ2n) is 6.81. The molecule has 0 aliphatic heterocycles. The van der Waals surface area contributed by atoms with Gasteiger partial charge in [-0.25, -0.2) is 9.97 Å². The Morgan fingerprint density at radius 1 is 1.15 bits per heavy atom. The average Bonchev–Trinajstić information content (AvgIpc) is 2.61. The Balaban J connectivity index is 2.21. The summed E-state index contributed by atoms with van der Waals surface area (Å²) in [5, 5.41) is 19.7. The van der Waals surface area contributed by atoms with E-state index in [2.05, 4.69) is 15.0 Å². The summed E-state index contributed by atoms with van der Waals surface area (Å²) in [5.74, 6) is 0.0120. The number of nitrogens with zero attached hydrogens (tertiary/aromatic N) is 4. The van der Waals surface area contributed by atoms with Crippen LogP contribution in [0.5, 0.6) is 5.75 Å². The van der Waals surface area contributed by atoms with E-state index in [-0.39, 0.29) is 16.6 Å². The Labute approximate surface area is 161 Å². The molecule has 0 amide bonds. The fourth-order valence-electron chi connectivity index (χ4n) is 2.68. The Morgan fingerprint density at radius 2 is 1.85 bits per heavy atom. The molecular formula is C19H19ClN4O3. The van der Waals surface area contributed by atoms with E-state index in [9.17, 15) is 15.0 Å². The van der Waals surface area contributed by atoms with Crippen molar-refractivity contribution in [3.05, 3.63) is 63.1 Å². The zero-order valence-electron chi connectivity index (χ0n) is 15.4. The Bertz CT molecular complexity index is 1090. The highest BCUT2D eigenvalue weighted by molar-refractivity contribution is 6.31. The summed E-state index contributed by atoms with van der Waals surface area (Å²) in [6, 6.07) is 4.82. The van der Waals surface area contributed by atoms with Crippen LogP contribution in [-0.4, -0.2) is 29.7 Å². The minimum absolute atomic E-state index is 0.246. The summed E-state index contributed by atoms with van der Waals surface area (Å²) in [6.07, 6.45) is 3.18. The summed E-state index contributed by atoms with van der Waals surface area (Å²) >= 11 is 5.94. The number of halogens is 1. The molecule has 0 spiro atoms. The first kappa shape index (κ1) is 19.0. The van der Waals surface area contributed by atoms with Crippen LogP contribution < -0.4 is 5.56 Å². The minimum atomic E-state index is -1.19. The van der Waals surface area contributed by atoms with Crippen LogP contribution in [0.15, 0.2) is 35.4 Å². The van der Waals surface area contributed by atoms with Crippen LogP contribution in [0.3, 0.4) is 0 Å². The van der Waals surface area contributed by atoms with Crippen LogP contribution in [0.2, 0.25) is 5.02 Å². The first-order valence-electron chi connectivity index (χ1n) is 8.24. The van der Waals surface area contributed by atoms with Gasteiger partial charge in [-0.1, -0.05) is 11.6 Å². The third-order valence-electron chi connectivity index (χ3n) is 4.09. The van der Waals surface area contributed by atoms with Gasteiger partial charge in [0.15, 0.2) is 5.82 Å². The van der Waals surface area contributed by atoms with Gasteiger partial charge in [0.2, 0.25) is 0 Å². The van der Waals surface area contributed by atoms with Gasteiger partial charge in [-0.2, -0.15) is 0 Å². The molecule has 3 aromatic heterocycles. The first-order valence-corrected chi connectivity index (χ1v) is 8.62. The summed E-state index contributed by atoms with van der Waals surface area (Å²) in [6.45, 7) is 6.72. The lowest BCUT2D eigenvalue weighted by Gasteiger charge is -2.17. The molecule has 0 saturated carbocycles. The number of aliphatic hydroxyl groups is 1. The molecule has 140 valence electrons. The number of aryl methyl sites for hydroxylation is 2. The normalized spacial score (nSPS) is 11.6. The van der Waals surface area contributed by atoms with Gasteiger partial charge in [0.25, 0.3) is 5.56 Å². The molecule has 3 rings (SSSR count). The molecule has 0 aliphatic rings. The number of aromatic nitrogens is 4. The summed E-state index contributed by atoms with van der Waals surface area (Å²) in [7, 11) is 0. The van der Waals surface area contributed by atoms with Crippen molar-refractivity contribution in [1.82, 2.24) is 19.5 Å². The fraction of sp³-hybridized carbons (Fsp3) is 0.263. The van der Waals surface area contributed by atoms with Crippen molar-refractivity contribution >= 4 is 11.6 Å². The third kappa shape index (κ3) is 3.56. The van der Waals surface area contributed by atoms with Crippen LogP contribution in [0, 0.1) is 13.8 Å². The van der Waals surface area contributed by atoms with E-state index in [0.29, 0.717) is 22.8 Å². The van der Waals surface area contributed by atoms with E-state index >= 15 is 0 Å². The molecule has 0 saturated heterocycles. The number of pyridine rings is 2. The zero-order valence-corrected chi connectivity index (χ0v) is 16.1. The van der Waals surface area contributed by atoms with Gasteiger partial charge in [0, 0.05) is 24.2 Å². The van der Waals surface area contributed by atoms with E-state index in [1.165, 1.54) is 10.6 Å². The van der Waals surface area contributed by atoms with Gasteiger partial charge in [-0.3, -0.25) is 14.3 Å². The fourth-order valence-corrected chi connectivity index (χ4v) is 2.82. The van der Waals surface area contributed by atoms with Crippen molar-refractivity contribution in [1.29, 1.82) is 0 Å². The molecule has 27 heavy (non-hydrogen) atoms. The summed E-state index contributed by atoms with van der Waals surface area (Å²) in [5.41, 5.74) is 1.17. The smallest absolute Gasteiger partial charge is 0.277 e. The Kier molecular flexibility index (Phi) is 4.75. The lowest BCUT2D eigenvalue weighted by molar-refractivity contribution is 0.0688. The molecule has 0 radical (unpaired) electrons. The van der Waals surface area contributed by atoms with Gasteiger partial charge in [0.1, 0.15) is 16.4 Å². The molecule has 7 nitrogen and oxygen atoms in total. The van der Waals surface area contributed by atoms with Gasteiger partial charge in [0.05, 0.1) is 17.1 Å². The van der Waals surface area contributed by atoms with Crippen molar-refractivity contribution in [2.75, 3.05) is 0 Å². The molecule has 3 heterocycles. The van der Waals surface area contributed by atoms with Crippen LogP contribution in [0.25, 0.3) is 17.1 Å². The highest BCUT2D eigenvalue weighted by Gasteiger charge is 2.21. The number of rotatable bonds is 3. The zero-order chi connectivity index (χ0) is 19.9. The quantitative estimate of drug-likeness (QED) is 0.717. The standard InChI is InChI=1S/C19H19ClN4O3/c1-10-9-22-13(12-5-6-21-18(23-12)19(3,4)27)8-14(10)24-11(2)7-15(25)16(20)17(24)26/h5-9,25,27H,1-4H3.